The van der Waals surface area contributed by atoms with E-state index in [2.05, 4.69) is 5.32 Å². The molecule has 3 heteroatoms. The highest BCUT2D eigenvalue weighted by Gasteiger charge is 2.41. The van der Waals surface area contributed by atoms with Gasteiger partial charge in [0, 0.05) is 18.2 Å². The van der Waals surface area contributed by atoms with Crippen molar-refractivity contribution in [1.82, 2.24) is 5.32 Å². The van der Waals surface area contributed by atoms with Crippen LogP contribution in [0.25, 0.3) is 0 Å². The molecule has 0 unspecified atom stereocenters. The van der Waals surface area contributed by atoms with Gasteiger partial charge in [0.15, 0.2) is 11.6 Å². The van der Waals surface area contributed by atoms with Gasteiger partial charge >= 0.3 is 0 Å². The summed E-state index contributed by atoms with van der Waals surface area (Å²) in [6.45, 7) is 0.612. The first kappa shape index (κ1) is 12.0. The third-order valence-corrected chi connectivity index (χ3v) is 4.05. The van der Waals surface area contributed by atoms with Gasteiger partial charge in [0.05, 0.1) is 7.11 Å². The third kappa shape index (κ3) is 2.51. The smallest absolute Gasteiger partial charge is 0.169 e. The molecule has 3 rings (SSSR count). The monoisotopic (exact) mass is 249 g/mol. The average Bonchev–Trinajstić information content (AvgIpc) is 3.25. The van der Waals surface area contributed by atoms with Crippen molar-refractivity contribution in [2.75, 3.05) is 7.11 Å². The molecule has 0 radical (unpaired) electrons. The highest BCUT2D eigenvalue weighted by atomic mass is 19.1. The topological polar surface area (TPSA) is 21.3 Å². The predicted molar refractivity (Wildman–Crippen MR) is 69.0 cm³/mol. The Morgan fingerprint density at radius 3 is 2.50 bits per heavy atom. The van der Waals surface area contributed by atoms with Crippen LogP contribution in [0.2, 0.25) is 0 Å². The van der Waals surface area contributed by atoms with Gasteiger partial charge in [-0.3, -0.25) is 0 Å². The molecule has 2 aliphatic carbocycles. The van der Waals surface area contributed by atoms with Crippen LogP contribution < -0.4 is 10.1 Å². The molecule has 1 aromatic carbocycles. The Morgan fingerprint density at radius 2 is 1.94 bits per heavy atom. The van der Waals surface area contributed by atoms with Crippen LogP contribution in [0.15, 0.2) is 18.2 Å². The normalized spacial score (nSPS) is 19.3. The SMILES string of the molecule is COc1cccc(CNC(C2CC2)C2CC2)c1F. The van der Waals surface area contributed by atoms with E-state index in [4.69, 9.17) is 4.74 Å². The van der Waals surface area contributed by atoms with Crippen LogP contribution in [0.3, 0.4) is 0 Å². The maximum absolute atomic E-state index is 14.0. The Morgan fingerprint density at radius 1 is 1.28 bits per heavy atom. The van der Waals surface area contributed by atoms with Crippen LogP contribution >= 0.6 is 0 Å². The van der Waals surface area contributed by atoms with Gasteiger partial charge < -0.3 is 10.1 Å². The highest BCUT2D eigenvalue weighted by molar-refractivity contribution is 5.31. The lowest BCUT2D eigenvalue weighted by atomic mass is 10.1. The first-order valence-electron chi connectivity index (χ1n) is 6.84. The number of nitrogens with one attached hydrogen (secondary N) is 1. The molecule has 2 aliphatic rings. The molecule has 0 saturated heterocycles. The van der Waals surface area contributed by atoms with E-state index in [0.29, 0.717) is 23.9 Å². The lowest BCUT2D eigenvalue weighted by Gasteiger charge is -2.18. The maximum atomic E-state index is 14.0. The van der Waals surface area contributed by atoms with Gasteiger partial charge in [-0.15, -0.1) is 0 Å². The number of halogens is 1. The van der Waals surface area contributed by atoms with Gasteiger partial charge in [0.25, 0.3) is 0 Å². The summed E-state index contributed by atoms with van der Waals surface area (Å²) in [5.74, 6) is 1.79. The third-order valence-electron chi connectivity index (χ3n) is 4.05. The minimum atomic E-state index is -0.224. The zero-order chi connectivity index (χ0) is 12.5. The first-order chi connectivity index (χ1) is 8.79. The van der Waals surface area contributed by atoms with E-state index in [1.54, 1.807) is 6.07 Å². The van der Waals surface area contributed by atoms with Crippen molar-refractivity contribution in [2.24, 2.45) is 11.8 Å². The van der Waals surface area contributed by atoms with E-state index < -0.39 is 0 Å². The summed E-state index contributed by atoms with van der Waals surface area (Å²) < 4.78 is 19.0. The zero-order valence-corrected chi connectivity index (χ0v) is 10.8. The fraction of sp³-hybridized carbons (Fsp3) is 0.600. The van der Waals surface area contributed by atoms with E-state index in [9.17, 15) is 4.39 Å². The molecule has 18 heavy (non-hydrogen) atoms. The molecule has 1 N–H and O–H groups in total. The van der Waals surface area contributed by atoms with Crippen LogP contribution in [0.4, 0.5) is 4.39 Å². The number of hydrogen-bond donors (Lipinski definition) is 1. The fourth-order valence-corrected chi connectivity index (χ4v) is 2.71. The maximum Gasteiger partial charge on any atom is 0.169 e. The molecule has 98 valence electrons. The molecule has 2 saturated carbocycles. The van der Waals surface area contributed by atoms with Gasteiger partial charge in [-0.25, -0.2) is 4.39 Å². The van der Waals surface area contributed by atoms with Crippen LogP contribution in [-0.4, -0.2) is 13.2 Å². The Balaban J connectivity index is 1.65. The van der Waals surface area contributed by atoms with Crippen LogP contribution in [-0.2, 0) is 6.54 Å². The Bertz CT molecular complexity index is 415. The summed E-state index contributed by atoms with van der Waals surface area (Å²) in [5.41, 5.74) is 0.709. The van der Waals surface area contributed by atoms with Crippen LogP contribution in [0.1, 0.15) is 31.2 Å². The lowest BCUT2D eigenvalue weighted by molar-refractivity contribution is 0.377. The Labute approximate surface area is 108 Å². The van der Waals surface area contributed by atoms with Crippen molar-refractivity contribution in [3.8, 4) is 5.75 Å². The largest absolute Gasteiger partial charge is 0.494 e. The van der Waals surface area contributed by atoms with Crippen molar-refractivity contribution in [2.45, 2.75) is 38.3 Å². The zero-order valence-electron chi connectivity index (χ0n) is 10.8. The molecule has 0 heterocycles. The number of ether oxygens (including phenoxy) is 1. The summed E-state index contributed by atoms with van der Waals surface area (Å²) in [5, 5.41) is 3.56. The fourth-order valence-electron chi connectivity index (χ4n) is 2.71. The summed E-state index contributed by atoms with van der Waals surface area (Å²) in [6.07, 6.45) is 5.37. The Hall–Kier alpha value is -1.09. The van der Waals surface area contributed by atoms with Gasteiger partial charge in [-0.2, -0.15) is 0 Å². The van der Waals surface area contributed by atoms with E-state index in [0.717, 1.165) is 11.8 Å². The molecular weight excluding hydrogens is 229 g/mol. The number of benzene rings is 1. The summed E-state index contributed by atoms with van der Waals surface area (Å²) in [4.78, 5) is 0. The average molecular weight is 249 g/mol. The second kappa shape index (κ2) is 4.88. The molecule has 0 atom stereocenters. The minimum Gasteiger partial charge on any atom is -0.494 e. The van der Waals surface area contributed by atoms with E-state index in [1.807, 2.05) is 12.1 Å². The van der Waals surface area contributed by atoms with Crippen molar-refractivity contribution in [3.63, 3.8) is 0 Å². The Kier molecular flexibility index (Phi) is 3.25. The lowest BCUT2D eigenvalue weighted by Crippen LogP contribution is -2.32. The van der Waals surface area contributed by atoms with Crippen molar-refractivity contribution in [3.05, 3.63) is 29.6 Å². The molecular formula is C15H20FNO. The molecule has 0 spiro atoms. The van der Waals surface area contributed by atoms with Crippen LogP contribution in [0.5, 0.6) is 5.75 Å². The van der Waals surface area contributed by atoms with E-state index >= 15 is 0 Å². The van der Waals surface area contributed by atoms with Crippen molar-refractivity contribution < 1.29 is 9.13 Å². The molecule has 2 fully saturated rings. The molecule has 0 amide bonds. The van der Waals surface area contributed by atoms with Crippen molar-refractivity contribution >= 4 is 0 Å². The predicted octanol–water partition coefficient (Wildman–Crippen LogP) is 3.11. The standard InChI is InChI=1S/C15H20FNO/c1-18-13-4-2-3-12(14(13)16)9-17-15(10-5-6-10)11-7-8-11/h2-4,10-11,15,17H,5-9H2,1H3. The molecule has 0 bridgehead atoms. The quantitative estimate of drug-likeness (QED) is 0.836. The van der Waals surface area contributed by atoms with Gasteiger partial charge in [0.1, 0.15) is 0 Å². The van der Waals surface area contributed by atoms with Gasteiger partial charge in [0.2, 0.25) is 0 Å². The number of hydrogen-bond acceptors (Lipinski definition) is 2. The number of methoxy groups -OCH3 is 1. The summed E-state index contributed by atoms with van der Waals surface area (Å²) in [7, 11) is 1.51. The summed E-state index contributed by atoms with van der Waals surface area (Å²) in [6, 6.07) is 5.96. The first-order valence-corrected chi connectivity index (χ1v) is 6.84. The summed E-state index contributed by atoms with van der Waals surface area (Å²) >= 11 is 0. The second-order valence-electron chi connectivity index (χ2n) is 5.51. The van der Waals surface area contributed by atoms with Crippen molar-refractivity contribution in [1.29, 1.82) is 0 Å². The molecule has 2 nitrogen and oxygen atoms in total. The second-order valence-corrected chi connectivity index (χ2v) is 5.51. The molecule has 0 aromatic heterocycles. The minimum absolute atomic E-state index is 0.224. The number of rotatable bonds is 6. The van der Waals surface area contributed by atoms with E-state index in [-0.39, 0.29) is 5.82 Å². The highest BCUT2D eigenvalue weighted by Crippen LogP contribution is 2.44. The van der Waals surface area contributed by atoms with Gasteiger partial charge in [-0.1, -0.05) is 12.1 Å². The van der Waals surface area contributed by atoms with Gasteiger partial charge in [-0.05, 0) is 43.6 Å². The molecule has 0 aliphatic heterocycles. The van der Waals surface area contributed by atoms with Crippen LogP contribution in [0, 0.1) is 17.7 Å². The molecule has 1 aromatic rings. The van der Waals surface area contributed by atoms with E-state index in [1.165, 1.54) is 32.8 Å².